The molecule has 0 amide bonds. The Morgan fingerprint density at radius 1 is 1.29 bits per heavy atom. The van der Waals surface area contributed by atoms with Gasteiger partial charge >= 0.3 is 0 Å². The van der Waals surface area contributed by atoms with Crippen molar-refractivity contribution in [3.8, 4) is 0 Å². The molecule has 0 aliphatic rings. The van der Waals surface area contributed by atoms with Gasteiger partial charge in [0.05, 0.1) is 17.7 Å². The zero-order chi connectivity index (χ0) is 14.7. The van der Waals surface area contributed by atoms with Crippen LogP contribution in [0.3, 0.4) is 0 Å². The SMILES string of the molecule is CNCc1oc2ccccc2c1CN(C)Cc1cscn1. The number of hydrogen-bond donors (Lipinski definition) is 1. The minimum Gasteiger partial charge on any atom is -0.459 e. The number of thiazole rings is 1. The van der Waals surface area contributed by atoms with Crippen molar-refractivity contribution in [1.82, 2.24) is 15.2 Å². The summed E-state index contributed by atoms with van der Waals surface area (Å²) in [6.45, 7) is 2.45. The molecule has 5 heteroatoms. The number of nitrogens with zero attached hydrogens (tertiary/aromatic N) is 2. The Balaban J connectivity index is 1.85. The molecule has 3 aromatic rings. The highest BCUT2D eigenvalue weighted by Gasteiger charge is 2.15. The zero-order valence-electron chi connectivity index (χ0n) is 12.3. The molecule has 4 nitrogen and oxygen atoms in total. The number of para-hydroxylation sites is 1. The molecule has 110 valence electrons. The van der Waals surface area contributed by atoms with Crippen molar-refractivity contribution in [2.75, 3.05) is 14.1 Å². The summed E-state index contributed by atoms with van der Waals surface area (Å²) in [5, 5.41) is 6.48. The van der Waals surface area contributed by atoms with Crippen molar-refractivity contribution in [1.29, 1.82) is 0 Å². The van der Waals surface area contributed by atoms with Gasteiger partial charge < -0.3 is 9.73 Å². The summed E-state index contributed by atoms with van der Waals surface area (Å²) in [4.78, 5) is 6.62. The van der Waals surface area contributed by atoms with Crippen LogP contribution >= 0.6 is 11.3 Å². The van der Waals surface area contributed by atoms with Crippen LogP contribution in [0.1, 0.15) is 17.0 Å². The van der Waals surface area contributed by atoms with Crippen LogP contribution in [-0.4, -0.2) is 24.0 Å². The Morgan fingerprint density at radius 2 is 2.14 bits per heavy atom. The fourth-order valence-corrected chi connectivity index (χ4v) is 3.09. The van der Waals surface area contributed by atoms with E-state index in [0.717, 1.165) is 36.7 Å². The summed E-state index contributed by atoms with van der Waals surface area (Å²) in [5.74, 6) is 1.02. The van der Waals surface area contributed by atoms with E-state index in [4.69, 9.17) is 4.42 Å². The van der Waals surface area contributed by atoms with Crippen molar-refractivity contribution in [2.45, 2.75) is 19.6 Å². The van der Waals surface area contributed by atoms with E-state index in [1.165, 1.54) is 10.9 Å². The summed E-state index contributed by atoms with van der Waals surface area (Å²) in [6, 6.07) is 8.23. The smallest absolute Gasteiger partial charge is 0.134 e. The van der Waals surface area contributed by atoms with Crippen molar-refractivity contribution in [2.24, 2.45) is 0 Å². The van der Waals surface area contributed by atoms with E-state index in [2.05, 4.69) is 39.8 Å². The monoisotopic (exact) mass is 301 g/mol. The van der Waals surface area contributed by atoms with Gasteiger partial charge in [0.15, 0.2) is 0 Å². The van der Waals surface area contributed by atoms with E-state index in [1.54, 1.807) is 11.3 Å². The highest BCUT2D eigenvalue weighted by Crippen LogP contribution is 2.27. The van der Waals surface area contributed by atoms with Crippen molar-refractivity contribution >= 4 is 22.3 Å². The van der Waals surface area contributed by atoms with Crippen molar-refractivity contribution in [3.63, 3.8) is 0 Å². The molecule has 1 N–H and O–H groups in total. The van der Waals surface area contributed by atoms with Gasteiger partial charge in [-0.2, -0.15) is 0 Å². The molecule has 0 unspecified atom stereocenters. The fourth-order valence-electron chi connectivity index (χ4n) is 2.54. The maximum atomic E-state index is 5.97. The van der Waals surface area contributed by atoms with Gasteiger partial charge in [0.25, 0.3) is 0 Å². The second-order valence-corrected chi connectivity index (χ2v) is 5.90. The fraction of sp³-hybridized carbons (Fsp3) is 0.312. The van der Waals surface area contributed by atoms with Crippen LogP contribution in [0.2, 0.25) is 0 Å². The number of benzene rings is 1. The van der Waals surface area contributed by atoms with Gasteiger partial charge in [-0.05, 0) is 20.2 Å². The molecule has 0 saturated heterocycles. The predicted octanol–water partition coefficient (Wildman–Crippen LogP) is 3.24. The second kappa shape index (κ2) is 6.39. The number of fused-ring (bicyclic) bond motifs is 1. The standard InChI is InChI=1S/C16H19N3OS/c1-17-7-16-14(13-5-3-4-6-15(13)20-16)9-19(2)8-12-10-21-11-18-12/h3-6,10-11,17H,7-9H2,1-2H3. The third-order valence-electron chi connectivity index (χ3n) is 3.46. The van der Waals surface area contributed by atoms with Crippen LogP contribution in [-0.2, 0) is 19.6 Å². The lowest BCUT2D eigenvalue weighted by atomic mass is 10.1. The third-order valence-corrected chi connectivity index (χ3v) is 4.10. The van der Waals surface area contributed by atoms with Crippen LogP contribution in [0.4, 0.5) is 0 Å². The summed E-state index contributed by atoms with van der Waals surface area (Å²) in [7, 11) is 4.06. The van der Waals surface area contributed by atoms with Crippen molar-refractivity contribution < 1.29 is 4.42 Å². The van der Waals surface area contributed by atoms with Crippen LogP contribution in [0.5, 0.6) is 0 Å². The van der Waals surface area contributed by atoms with Crippen LogP contribution in [0, 0.1) is 0 Å². The molecule has 2 aromatic heterocycles. The molecular formula is C16H19N3OS. The molecule has 21 heavy (non-hydrogen) atoms. The third kappa shape index (κ3) is 3.15. The predicted molar refractivity (Wildman–Crippen MR) is 86.3 cm³/mol. The number of rotatable bonds is 6. The Labute approximate surface area is 128 Å². The maximum absolute atomic E-state index is 5.97. The summed E-state index contributed by atoms with van der Waals surface area (Å²) < 4.78 is 5.97. The minimum absolute atomic E-state index is 0.745. The van der Waals surface area contributed by atoms with Gasteiger partial charge in [-0.1, -0.05) is 18.2 Å². The van der Waals surface area contributed by atoms with Crippen LogP contribution in [0.15, 0.2) is 39.6 Å². The molecule has 0 radical (unpaired) electrons. The largest absolute Gasteiger partial charge is 0.459 e. The zero-order valence-corrected chi connectivity index (χ0v) is 13.1. The Kier molecular flexibility index (Phi) is 4.34. The first-order valence-electron chi connectivity index (χ1n) is 6.97. The van der Waals surface area contributed by atoms with Gasteiger partial charge in [0.2, 0.25) is 0 Å². The van der Waals surface area contributed by atoms with Gasteiger partial charge in [0.1, 0.15) is 11.3 Å². The topological polar surface area (TPSA) is 41.3 Å². The van der Waals surface area contributed by atoms with E-state index in [0.29, 0.717) is 0 Å². The highest BCUT2D eigenvalue weighted by atomic mass is 32.1. The molecule has 0 aliphatic heterocycles. The van der Waals surface area contributed by atoms with E-state index >= 15 is 0 Å². The molecule has 0 aliphatic carbocycles. The van der Waals surface area contributed by atoms with Gasteiger partial charge in [-0.15, -0.1) is 11.3 Å². The summed E-state index contributed by atoms with van der Waals surface area (Å²) in [6.07, 6.45) is 0. The van der Waals surface area contributed by atoms with E-state index < -0.39 is 0 Å². The van der Waals surface area contributed by atoms with Crippen molar-refractivity contribution in [3.05, 3.63) is 52.2 Å². The highest BCUT2D eigenvalue weighted by molar-refractivity contribution is 7.07. The number of hydrogen-bond acceptors (Lipinski definition) is 5. The number of furan rings is 1. The number of nitrogens with one attached hydrogen (secondary N) is 1. The Morgan fingerprint density at radius 3 is 2.90 bits per heavy atom. The quantitative estimate of drug-likeness (QED) is 0.759. The van der Waals surface area contributed by atoms with Gasteiger partial charge in [-0.25, -0.2) is 4.98 Å². The first-order chi connectivity index (χ1) is 10.3. The summed E-state index contributed by atoms with van der Waals surface area (Å²) in [5.41, 5.74) is 5.21. The molecule has 0 bridgehead atoms. The minimum atomic E-state index is 0.745. The van der Waals surface area contributed by atoms with Crippen LogP contribution < -0.4 is 5.32 Å². The van der Waals surface area contributed by atoms with E-state index in [-0.39, 0.29) is 0 Å². The average Bonchev–Trinajstić information content (AvgIpc) is 3.08. The lowest BCUT2D eigenvalue weighted by Gasteiger charge is -2.15. The summed E-state index contributed by atoms with van der Waals surface area (Å²) >= 11 is 1.64. The second-order valence-electron chi connectivity index (χ2n) is 5.18. The first-order valence-corrected chi connectivity index (χ1v) is 7.91. The molecule has 0 fully saturated rings. The Hall–Kier alpha value is -1.69. The first kappa shape index (κ1) is 14.3. The molecule has 3 rings (SSSR count). The average molecular weight is 301 g/mol. The van der Waals surface area contributed by atoms with E-state index in [1.807, 2.05) is 24.7 Å². The maximum Gasteiger partial charge on any atom is 0.134 e. The molecule has 1 aromatic carbocycles. The number of aromatic nitrogens is 1. The normalized spacial score (nSPS) is 11.6. The Bertz CT molecular complexity index is 705. The molecule has 0 saturated carbocycles. The van der Waals surface area contributed by atoms with E-state index in [9.17, 15) is 0 Å². The molecular weight excluding hydrogens is 282 g/mol. The van der Waals surface area contributed by atoms with Crippen LogP contribution in [0.25, 0.3) is 11.0 Å². The van der Waals surface area contributed by atoms with Gasteiger partial charge in [-0.3, -0.25) is 4.90 Å². The molecule has 0 atom stereocenters. The molecule has 0 spiro atoms. The lowest BCUT2D eigenvalue weighted by Crippen LogP contribution is -2.18. The van der Waals surface area contributed by atoms with Gasteiger partial charge in [0, 0.05) is 29.4 Å². The molecule has 2 heterocycles. The lowest BCUT2D eigenvalue weighted by molar-refractivity contribution is 0.313.